The first-order valence-corrected chi connectivity index (χ1v) is 18.1. The number of rotatable bonds is 13. The molecule has 1 aliphatic carbocycles. The topological polar surface area (TPSA) is 58.4 Å². The molecule has 1 amide bonds. The fourth-order valence-corrected chi connectivity index (χ4v) is 7.66. The van der Waals surface area contributed by atoms with Gasteiger partial charge in [0.25, 0.3) is 5.56 Å². The van der Waals surface area contributed by atoms with Crippen molar-refractivity contribution in [2.45, 2.75) is 71.5 Å². The van der Waals surface area contributed by atoms with E-state index in [0.29, 0.717) is 47.2 Å². The van der Waals surface area contributed by atoms with Gasteiger partial charge in [0.1, 0.15) is 21.5 Å². The van der Waals surface area contributed by atoms with Gasteiger partial charge in [-0.15, -0.1) is 0 Å². The van der Waals surface area contributed by atoms with E-state index in [9.17, 15) is 27.2 Å². The fourth-order valence-electron chi connectivity index (χ4n) is 6.64. The number of halogens is 4. The van der Waals surface area contributed by atoms with Crippen LogP contribution in [0.15, 0.2) is 82.7 Å². The van der Waals surface area contributed by atoms with Crippen LogP contribution in [0.4, 0.5) is 17.6 Å². The van der Waals surface area contributed by atoms with E-state index in [4.69, 9.17) is 62.8 Å². The van der Waals surface area contributed by atoms with E-state index in [-0.39, 0.29) is 29.6 Å². The molecule has 0 saturated carbocycles. The first-order chi connectivity index (χ1) is 25.4. The lowest BCUT2D eigenvalue weighted by atomic mass is 9.53. The van der Waals surface area contributed by atoms with Crippen molar-refractivity contribution in [2.75, 3.05) is 13.1 Å². The molecule has 19 heteroatoms. The third kappa shape index (κ3) is 9.41. The van der Waals surface area contributed by atoms with Crippen LogP contribution in [0.5, 0.6) is 0 Å². The average molecular weight is 745 g/mol. The summed E-state index contributed by atoms with van der Waals surface area (Å²) >= 11 is 1.07. The van der Waals surface area contributed by atoms with Gasteiger partial charge in [0.15, 0.2) is 5.16 Å². The van der Waals surface area contributed by atoms with Gasteiger partial charge in [-0.05, 0) is 71.1 Å². The molecule has 264 valence electrons. The molecule has 0 atom stereocenters. The molecular weight excluding hydrogens is 715 g/mol. The number of carbonyl (C=O) groups excluding carboxylic acids is 1. The molecule has 0 saturated heterocycles. The molecule has 4 aromatic rings. The lowest BCUT2D eigenvalue weighted by molar-refractivity contribution is -0.138. The first-order valence-electron chi connectivity index (χ1n) is 17.1. The van der Waals surface area contributed by atoms with Crippen molar-refractivity contribution in [3.8, 4) is 11.1 Å². The van der Waals surface area contributed by atoms with Gasteiger partial charge in [0.2, 0.25) is 5.91 Å². The van der Waals surface area contributed by atoms with Gasteiger partial charge in [0.05, 0.1) is 52.6 Å². The van der Waals surface area contributed by atoms with Gasteiger partial charge in [-0.1, -0.05) is 84.8 Å². The van der Waals surface area contributed by atoms with Crippen LogP contribution < -0.4 is 5.56 Å². The van der Waals surface area contributed by atoms with Crippen molar-refractivity contribution in [1.82, 2.24) is 19.4 Å². The summed E-state index contributed by atoms with van der Waals surface area (Å²) in [5, 5.41) is -7.79. The third-order valence-electron chi connectivity index (χ3n) is 9.39. The summed E-state index contributed by atoms with van der Waals surface area (Å²) in [6.45, 7) is 2.36. The second kappa shape index (κ2) is 15.8. The molecule has 3 aromatic carbocycles. The molecule has 6 nitrogen and oxygen atoms in total. The molecule has 0 spiro atoms. The van der Waals surface area contributed by atoms with Gasteiger partial charge >= 0.3 is 6.18 Å². The van der Waals surface area contributed by atoms with Crippen LogP contribution in [0, 0.1) is 5.82 Å². The van der Waals surface area contributed by atoms with Crippen LogP contribution in [0.1, 0.15) is 48.2 Å². The van der Waals surface area contributed by atoms with Gasteiger partial charge in [-0.2, -0.15) is 18.2 Å². The molecule has 0 unspecified atom stereocenters. The normalized spacial score (nSPS) is 13.9. The van der Waals surface area contributed by atoms with E-state index < -0.39 is 50.4 Å². The van der Waals surface area contributed by atoms with E-state index in [2.05, 4.69) is 4.98 Å². The van der Waals surface area contributed by atoms with E-state index in [0.717, 1.165) is 28.8 Å². The second-order valence-electron chi connectivity index (χ2n) is 14.1. The van der Waals surface area contributed by atoms with Crippen molar-refractivity contribution >= 4 is 80.4 Å². The lowest BCUT2D eigenvalue weighted by Gasteiger charge is -2.51. The average Bonchev–Trinajstić information content (AvgIpc) is 3.58. The Morgan fingerprint density at radius 1 is 0.782 bits per heavy atom. The number of benzene rings is 3. The summed E-state index contributed by atoms with van der Waals surface area (Å²) in [7, 11) is 52.2. The smallest absolute Gasteiger partial charge is 0.348 e. The maximum Gasteiger partial charge on any atom is 0.416 e. The Morgan fingerprint density at radius 2 is 1.31 bits per heavy atom. The Bertz CT molecular complexity index is 2060. The number of nitrogens with zero attached hydrogens (tertiary/aromatic N) is 4. The van der Waals surface area contributed by atoms with E-state index >= 15 is 0 Å². The SMILES string of the molecule is [B]C([B])(C)N(CCN(C(=O)C([B])([B])n1c(SCc2ccc(F)cc2)nc(=O)c2c1CCC2)C([B])([B])c1ccc(-c2ccc(C(F)(F)F)cc2)cc1)C([B])([B])C. The zero-order chi connectivity index (χ0) is 40.7. The monoisotopic (exact) mass is 746 g/mol. The fraction of sp³-hybridized carbons (Fsp3) is 0.361. The molecule has 1 heterocycles. The zero-order valence-electron chi connectivity index (χ0n) is 30.3. The van der Waals surface area contributed by atoms with Crippen molar-refractivity contribution in [1.29, 1.82) is 0 Å². The largest absolute Gasteiger partial charge is 0.416 e. The minimum Gasteiger partial charge on any atom is -0.348 e. The zero-order valence-corrected chi connectivity index (χ0v) is 31.1. The Kier molecular flexibility index (Phi) is 12.3. The first kappa shape index (κ1) is 42.7. The number of alkyl halides is 3. The highest BCUT2D eigenvalue weighted by molar-refractivity contribution is 7.98. The van der Waals surface area contributed by atoms with Crippen molar-refractivity contribution in [3.63, 3.8) is 0 Å². The molecule has 0 aliphatic heterocycles. The van der Waals surface area contributed by atoms with Crippen LogP contribution in [0.3, 0.4) is 0 Å². The molecular formula is C36H30B8F4N4O2S. The van der Waals surface area contributed by atoms with Gasteiger partial charge < -0.3 is 14.4 Å². The van der Waals surface area contributed by atoms with Crippen LogP contribution in [-0.2, 0) is 40.2 Å². The molecule has 55 heavy (non-hydrogen) atoms. The molecule has 0 N–H and O–H groups in total. The molecule has 16 radical (unpaired) electrons. The van der Waals surface area contributed by atoms with E-state index in [1.165, 1.54) is 59.7 Å². The van der Waals surface area contributed by atoms with E-state index in [1.807, 2.05) is 0 Å². The maximum absolute atomic E-state index is 15.0. The Morgan fingerprint density at radius 3 is 1.82 bits per heavy atom. The van der Waals surface area contributed by atoms with Crippen LogP contribution >= 0.6 is 11.8 Å². The summed E-state index contributed by atoms with van der Waals surface area (Å²) < 4.78 is 54.4. The molecule has 5 rings (SSSR count). The maximum atomic E-state index is 15.0. The predicted molar refractivity (Wildman–Crippen MR) is 214 cm³/mol. The van der Waals surface area contributed by atoms with Gasteiger partial charge in [0, 0.05) is 35.4 Å². The molecule has 1 aliphatic rings. The number of hydrogen-bond donors (Lipinski definition) is 0. The number of hydrogen-bond acceptors (Lipinski definition) is 5. The highest BCUT2D eigenvalue weighted by Gasteiger charge is 2.43. The summed E-state index contributed by atoms with van der Waals surface area (Å²) in [4.78, 5) is 34.7. The summed E-state index contributed by atoms with van der Waals surface area (Å²) in [6.07, 6.45) is -3.19. The molecule has 1 aromatic heterocycles. The Balaban J connectivity index is 1.57. The second-order valence-corrected chi connectivity index (χ2v) is 15.0. The summed E-state index contributed by atoms with van der Waals surface area (Å²) in [6, 6.07) is 16.5. The standard InChI is InChI=1S/C36H30B8F4N4O2S/c1-32(37,38)51(33(2,39)40)19-18-50(34(41,42)24-12-8-22(9-13-24)23-10-14-25(15-11-23)36(46,47)48)30(54)35(43,44)52-28-5-3-4-27(28)29(53)49-31(52)55-20-21-6-16-26(45)17-7-21/h6-17H,3-5,18-20H2,1-2H3. The minimum atomic E-state index is -4.50. The molecule has 0 fully saturated rings. The number of thioether (sulfide) groups is 1. The molecule has 0 bridgehead atoms. The van der Waals surface area contributed by atoms with Crippen molar-refractivity contribution < 1.29 is 22.4 Å². The van der Waals surface area contributed by atoms with Crippen molar-refractivity contribution in [2.24, 2.45) is 0 Å². The van der Waals surface area contributed by atoms with Crippen LogP contribution in [0.2, 0.25) is 0 Å². The van der Waals surface area contributed by atoms with Crippen LogP contribution in [0.25, 0.3) is 11.1 Å². The van der Waals surface area contributed by atoms with Gasteiger partial charge in [-0.3, -0.25) is 9.59 Å². The highest BCUT2D eigenvalue weighted by atomic mass is 32.2. The van der Waals surface area contributed by atoms with Gasteiger partial charge in [-0.25, -0.2) is 4.39 Å². The quantitative estimate of drug-likeness (QED) is 0.0913. The minimum absolute atomic E-state index is 0.0309. The number of carbonyl (C=O) groups is 1. The number of aromatic nitrogens is 2. The Labute approximate surface area is 333 Å². The van der Waals surface area contributed by atoms with Crippen LogP contribution in [-0.4, -0.2) is 112 Å². The highest BCUT2D eigenvalue weighted by Crippen LogP contribution is 2.35. The van der Waals surface area contributed by atoms with Crippen molar-refractivity contribution in [3.05, 3.63) is 117 Å². The summed E-state index contributed by atoms with van der Waals surface area (Å²) in [5.74, 6) is -1.21. The number of amides is 1. The lowest BCUT2D eigenvalue weighted by Crippen LogP contribution is -2.65. The predicted octanol–water partition coefficient (Wildman–Crippen LogP) is 3.10. The summed E-state index contributed by atoms with van der Waals surface area (Å²) in [5.41, 5.74) is 1.36. The Hall–Kier alpha value is -3.44. The van der Waals surface area contributed by atoms with E-state index in [1.54, 1.807) is 24.3 Å². The number of fused-ring (bicyclic) bond motifs is 1. The third-order valence-corrected chi connectivity index (χ3v) is 10.4.